The fraction of sp³-hybridized carbons (Fsp3) is 0.533. The third kappa shape index (κ3) is 3.07. The van der Waals surface area contributed by atoms with E-state index in [4.69, 9.17) is 10.7 Å². The van der Waals surface area contributed by atoms with Crippen molar-refractivity contribution < 1.29 is 0 Å². The summed E-state index contributed by atoms with van der Waals surface area (Å²) in [7, 11) is 2.15. The molecule has 1 heterocycles. The molecule has 0 radical (unpaired) electrons. The number of hydrogen-bond donors (Lipinski definition) is 1. The Bertz CT molecular complexity index is 544. The lowest BCUT2D eigenvalue weighted by molar-refractivity contribution is 0.335. The zero-order valence-corrected chi connectivity index (χ0v) is 12.2. The topological polar surface area (TPSA) is 47.1 Å². The Morgan fingerprint density at radius 3 is 2.79 bits per heavy atom. The zero-order chi connectivity index (χ0) is 13.8. The molecule has 0 unspecified atom stereocenters. The lowest BCUT2D eigenvalue weighted by Crippen LogP contribution is -2.23. The number of likely N-dealkylation sites (N-methyl/N-ethyl adjacent to an activating group) is 1. The molecule has 0 atom stereocenters. The average molecular weight is 260 g/mol. The molecular formula is C15H24N4. The number of nitrogen functional groups attached to an aromatic ring is 1. The van der Waals surface area contributed by atoms with Crippen molar-refractivity contribution in [3.63, 3.8) is 0 Å². The van der Waals surface area contributed by atoms with Gasteiger partial charge < -0.3 is 15.2 Å². The minimum absolute atomic E-state index is 0.783. The van der Waals surface area contributed by atoms with Gasteiger partial charge >= 0.3 is 0 Å². The largest absolute Gasteiger partial charge is 0.399 e. The molecule has 0 spiro atoms. The highest BCUT2D eigenvalue weighted by Gasteiger charge is 2.10. The number of nitrogens with zero attached hydrogens (tertiary/aromatic N) is 3. The summed E-state index contributed by atoms with van der Waals surface area (Å²) in [4.78, 5) is 7.05. The van der Waals surface area contributed by atoms with E-state index in [1.807, 2.05) is 12.1 Å². The first-order valence-electron chi connectivity index (χ1n) is 7.08. The SMILES string of the molecule is CCCc1nc2cc(N)ccc2n1CCN(C)CC. The maximum atomic E-state index is 5.84. The van der Waals surface area contributed by atoms with Crippen molar-refractivity contribution in [2.75, 3.05) is 25.9 Å². The van der Waals surface area contributed by atoms with E-state index in [1.165, 1.54) is 11.3 Å². The van der Waals surface area contributed by atoms with Gasteiger partial charge in [-0.15, -0.1) is 0 Å². The molecule has 2 rings (SSSR count). The van der Waals surface area contributed by atoms with Crippen molar-refractivity contribution in [1.29, 1.82) is 0 Å². The predicted molar refractivity (Wildman–Crippen MR) is 81.3 cm³/mol. The molecule has 0 saturated heterocycles. The predicted octanol–water partition coefficient (Wildman–Crippen LogP) is 2.52. The van der Waals surface area contributed by atoms with Crippen molar-refractivity contribution in [2.45, 2.75) is 33.2 Å². The van der Waals surface area contributed by atoms with Crippen molar-refractivity contribution in [3.8, 4) is 0 Å². The van der Waals surface area contributed by atoms with Gasteiger partial charge in [0.1, 0.15) is 5.82 Å². The molecule has 0 aliphatic rings. The number of rotatable bonds is 6. The third-order valence-electron chi connectivity index (χ3n) is 3.57. The molecule has 1 aromatic carbocycles. The van der Waals surface area contributed by atoms with Gasteiger partial charge in [0, 0.05) is 25.2 Å². The Morgan fingerprint density at radius 1 is 1.32 bits per heavy atom. The summed E-state index contributed by atoms with van der Waals surface area (Å²) >= 11 is 0. The summed E-state index contributed by atoms with van der Waals surface area (Å²) in [6.07, 6.45) is 2.13. The molecule has 19 heavy (non-hydrogen) atoms. The van der Waals surface area contributed by atoms with Crippen LogP contribution in [0.5, 0.6) is 0 Å². The summed E-state index contributed by atoms with van der Waals surface area (Å²) in [6.45, 7) is 7.47. The summed E-state index contributed by atoms with van der Waals surface area (Å²) in [5.41, 5.74) is 8.84. The molecule has 4 nitrogen and oxygen atoms in total. The van der Waals surface area contributed by atoms with Crippen LogP contribution < -0.4 is 5.73 Å². The minimum Gasteiger partial charge on any atom is -0.399 e. The van der Waals surface area contributed by atoms with Gasteiger partial charge in [-0.05, 0) is 38.2 Å². The van der Waals surface area contributed by atoms with E-state index in [0.717, 1.165) is 43.7 Å². The Kier molecular flexibility index (Phi) is 4.43. The highest BCUT2D eigenvalue weighted by atomic mass is 15.1. The minimum atomic E-state index is 0.783. The first-order valence-corrected chi connectivity index (χ1v) is 7.08. The molecule has 0 fully saturated rings. The van der Waals surface area contributed by atoms with E-state index >= 15 is 0 Å². The van der Waals surface area contributed by atoms with Gasteiger partial charge in [0.2, 0.25) is 0 Å². The highest BCUT2D eigenvalue weighted by molar-refractivity contribution is 5.79. The molecule has 104 valence electrons. The van der Waals surface area contributed by atoms with Gasteiger partial charge in [0.25, 0.3) is 0 Å². The van der Waals surface area contributed by atoms with E-state index in [1.54, 1.807) is 0 Å². The summed E-state index contributed by atoms with van der Waals surface area (Å²) in [5, 5.41) is 0. The normalized spacial score (nSPS) is 11.6. The Morgan fingerprint density at radius 2 is 2.11 bits per heavy atom. The van der Waals surface area contributed by atoms with Crippen molar-refractivity contribution in [2.24, 2.45) is 0 Å². The van der Waals surface area contributed by atoms with Crippen LogP contribution in [0.25, 0.3) is 11.0 Å². The second kappa shape index (κ2) is 6.06. The van der Waals surface area contributed by atoms with Gasteiger partial charge in [-0.1, -0.05) is 13.8 Å². The van der Waals surface area contributed by atoms with Crippen LogP contribution in [0.15, 0.2) is 18.2 Å². The number of nitrogens with two attached hydrogens (primary N) is 1. The Hall–Kier alpha value is -1.55. The first-order chi connectivity index (χ1) is 9.15. The number of imidazole rings is 1. The number of aromatic nitrogens is 2. The fourth-order valence-electron chi connectivity index (χ4n) is 2.29. The number of fused-ring (bicyclic) bond motifs is 1. The van der Waals surface area contributed by atoms with Gasteiger partial charge in [-0.3, -0.25) is 0 Å². The first kappa shape index (κ1) is 13.9. The van der Waals surface area contributed by atoms with Crippen LogP contribution in [0.3, 0.4) is 0 Å². The van der Waals surface area contributed by atoms with Crippen molar-refractivity contribution in [3.05, 3.63) is 24.0 Å². The lowest BCUT2D eigenvalue weighted by atomic mass is 10.3. The van der Waals surface area contributed by atoms with E-state index in [0.29, 0.717) is 0 Å². The van der Waals surface area contributed by atoms with Gasteiger partial charge in [0.05, 0.1) is 11.0 Å². The number of anilines is 1. The van der Waals surface area contributed by atoms with Crippen LogP contribution >= 0.6 is 0 Å². The van der Waals surface area contributed by atoms with E-state index in [-0.39, 0.29) is 0 Å². The summed E-state index contributed by atoms with van der Waals surface area (Å²) < 4.78 is 2.34. The van der Waals surface area contributed by atoms with E-state index in [2.05, 4.69) is 36.4 Å². The van der Waals surface area contributed by atoms with Crippen LogP contribution in [0, 0.1) is 0 Å². The highest BCUT2D eigenvalue weighted by Crippen LogP contribution is 2.20. The van der Waals surface area contributed by atoms with Crippen LogP contribution in [-0.4, -0.2) is 34.6 Å². The van der Waals surface area contributed by atoms with Crippen LogP contribution in [0.2, 0.25) is 0 Å². The maximum absolute atomic E-state index is 5.84. The molecule has 2 N–H and O–H groups in total. The Balaban J connectivity index is 2.34. The molecule has 0 aliphatic carbocycles. The molecule has 2 aromatic rings. The summed E-state index contributed by atoms with van der Waals surface area (Å²) in [6, 6.07) is 6.01. The van der Waals surface area contributed by atoms with Crippen LogP contribution in [-0.2, 0) is 13.0 Å². The van der Waals surface area contributed by atoms with Crippen LogP contribution in [0.1, 0.15) is 26.1 Å². The standard InChI is InChI=1S/C15H24N4/c1-4-6-15-17-13-11-12(16)7-8-14(13)19(15)10-9-18(3)5-2/h7-8,11H,4-6,9-10,16H2,1-3H3. The molecular weight excluding hydrogens is 236 g/mol. The molecule has 1 aromatic heterocycles. The smallest absolute Gasteiger partial charge is 0.109 e. The Labute approximate surface area is 115 Å². The molecule has 0 amide bonds. The number of hydrogen-bond acceptors (Lipinski definition) is 3. The van der Waals surface area contributed by atoms with Crippen molar-refractivity contribution >= 4 is 16.7 Å². The second-order valence-electron chi connectivity index (χ2n) is 5.07. The number of benzene rings is 1. The molecule has 0 saturated carbocycles. The van der Waals surface area contributed by atoms with Gasteiger partial charge in [0.15, 0.2) is 0 Å². The van der Waals surface area contributed by atoms with E-state index < -0.39 is 0 Å². The van der Waals surface area contributed by atoms with E-state index in [9.17, 15) is 0 Å². The van der Waals surface area contributed by atoms with Crippen LogP contribution in [0.4, 0.5) is 5.69 Å². The molecule has 0 aliphatic heterocycles. The molecule has 4 heteroatoms. The van der Waals surface area contributed by atoms with Gasteiger partial charge in [-0.2, -0.15) is 0 Å². The molecule has 0 bridgehead atoms. The lowest BCUT2D eigenvalue weighted by Gasteiger charge is -2.16. The monoisotopic (exact) mass is 260 g/mol. The average Bonchev–Trinajstić information content (AvgIpc) is 2.73. The summed E-state index contributed by atoms with van der Waals surface area (Å²) in [5.74, 6) is 1.17. The third-order valence-corrected chi connectivity index (χ3v) is 3.57. The maximum Gasteiger partial charge on any atom is 0.109 e. The number of aryl methyl sites for hydroxylation is 1. The fourth-order valence-corrected chi connectivity index (χ4v) is 2.29. The second-order valence-corrected chi connectivity index (χ2v) is 5.07. The quantitative estimate of drug-likeness (QED) is 0.812. The van der Waals surface area contributed by atoms with Crippen molar-refractivity contribution in [1.82, 2.24) is 14.5 Å². The zero-order valence-electron chi connectivity index (χ0n) is 12.2. The van der Waals surface area contributed by atoms with Gasteiger partial charge in [-0.25, -0.2) is 4.98 Å².